The maximum Gasteiger partial charge on any atom is 0.342 e. The SMILES string of the molecule is C=C(C)C.CCOOC(=O)CCC(=O)O. The number of carbonyl (C=O) groups is 2. The molecule has 0 aromatic rings. The molecule has 0 rings (SSSR count). The first-order chi connectivity index (χ1) is 6.90. The second-order valence-corrected chi connectivity index (χ2v) is 2.96. The maximum atomic E-state index is 10.5. The first-order valence-corrected chi connectivity index (χ1v) is 4.56. The van der Waals surface area contributed by atoms with E-state index in [9.17, 15) is 9.59 Å². The fraction of sp³-hybridized carbons (Fsp3) is 0.600. The van der Waals surface area contributed by atoms with Gasteiger partial charge in [0.2, 0.25) is 0 Å². The highest BCUT2D eigenvalue weighted by atomic mass is 17.2. The minimum absolute atomic E-state index is 0.157. The summed E-state index contributed by atoms with van der Waals surface area (Å²) in [6, 6.07) is 0. The molecule has 0 saturated carbocycles. The number of carboxylic acids is 1. The lowest BCUT2D eigenvalue weighted by atomic mass is 10.3. The number of carboxylic acid groups (broad SMARTS) is 1. The summed E-state index contributed by atoms with van der Waals surface area (Å²) in [5.41, 5.74) is 1.17. The third kappa shape index (κ3) is 24.5. The first-order valence-electron chi connectivity index (χ1n) is 4.56. The van der Waals surface area contributed by atoms with Gasteiger partial charge in [0.15, 0.2) is 0 Å². The Balaban J connectivity index is 0. The summed E-state index contributed by atoms with van der Waals surface area (Å²) in [6.45, 7) is 9.42. The molecule has 0 aliphatic rings. The van der Waals surface area contributed by atoms with Gasteiger partial charge in [0.25, 0.3) is 0 Å². The van der Waals surface area contributed by atoms with Crippen molar-refractivity contribution in [2.45, 2.75) is 33.6 Å². The average Bonchev–Trinajstić information content (AvgIpc) is 2.10. The number of hydrogen-bond donors (Lipinski definition) is 1. The summed E-state index contributed by atoms with van der Waals surface area (Å²) in [4.78, 5) is 28.8. The monoisotopic (exact) mass is 218 g/mol. The summed E-state index contributed by atoms with van der Waals surface area (Å²) in [5, 5.41) is 8.14. The molecule has 0 fully saturated rings. The van der Waals surface area contributed by atoms with E-state index >= 15 is 0 Å². The second-order valence-electron chi connectivity index (χ2n) is 2.96. The molecule has 88 valence electrons. The molecule has 0 aromatic heterocycles. The molecule has 0 unspecified atom stereocenters. The first kappa shape index (κ1) is 16.1. The van der Waals surface area contributed by atoms with E-state index in [2.05, 4.69) is 16.4 Å². The van der Waals surface area contributed by atoms with Crippen LogP contribution in [0.1, 0.15) is 33.6 Å². The quantitative estimate of drug-likeness (QED) is 0.433. The fourth-order valence-electron chi connectivity index (χ4n) is 0.375. The fourth-order valence-corrected chi connectivity index (χ4v) is 0.375. The highest BCUT2D eigenvalue weighted by molar-refractivity contribution is 5.76. The van der Waals surface area contributed by atoms with Crippen molar-refractivity contribution in [3.05, 3.63) is 12.2 Å². The number of allylic oxidation sites excluding steroid dienone is 1. The Kier molecular flexibility index (Phi) is 11.5. The molecule has 1 N–H and O–H groups in total. The van der Waals surface area contributed by atoms with Crippen LogP contribution in [-0.4, -0.2) is 23.7 Å². The van der Waals surface area contributed by atoms with Crippen LogP contribution < -0.4 is 0 Å². The van der Waals surface area contributed by atoms with Crippen LogP contribution in [0, 0.1) is 0 Å². The number of carbonyl (C=O) groups excluding carboxylic acids is 1. The van der Waals surface area contributed by atoms with Crippen LogP contribution in [0.2, 0.25) is 0 Å². The smallest absolute Gasteiger partial charge is 0.342 e. The lowest BCUT2D eigenvalue weighted by molar-refractivity contribution is -0.269. The van der Waals surface area contributed by atoms with Gasteiger partial charge in [0, 0.05) is 0 Å². The third-order valence-corrected chi connectivity index (χ3v) is 0.813. The van der Waals surface area contributed by atoms with E-state index in [1.807, 2.05) is 13.8 Å². The molecule has 5 heteroatoms. The van der Waals surface area contributed by atoms with Crippen LogP contribution in [-0.2, 0) is 19.4 Å². The van der Waals surface area contributed by atoms with Crippen molar-refractivity contribution in [3.63, 3.8) is 0 Å². The minimum atomic E-state index is -1.03. The summed E-state index contributed by atoms with van der Waals surface area (Å²) in [6.07, 6.45) is -0.388. The predicted molar refractivity (Wildman–Crippen MR) is 55.1 cm³/mol. The molecule has 0 aromatic carbocycles. The Morgan fingerprint density at radius 3 is 2.07 bits per heavy atom. The van der Waals surface area contributed by atoms with Crippen LogP contribution in [0.25, 0.3) is 0 Å². The van der Waals surface area contributed by atoms with Crippen molar-refractivity contribution in [1.29, 1.82) is 0 Å². The van der Waals surface area contributed by atoms with E-state index in [1.165, 1.54) is 5.57 Å². The van der Waals surface area contributed by atoms with E-state index < -0.39 is 11.9 Å². The van der Waals surface area contributed by atoms with E-state index in [4.69, 9.17) is 5.11 Å². The Hall–Kier alpha value is -1.36. The summed E-state index contributed by atoms with van der Waals surface area (Å²) in [5.74, 6) is -1.69. The summed E-state index contributed by atoms with van der Waals surface area (Å²) in [7, 11) is 0. The van der Waals surface area contributed by atoms with Crippen LogP contribution in [0.15, 0.2) is 12.2 Å². The van der Waals surface area contributed by atoms with Gasteiger partial charge in [0.1, 0.15) is 0 Å². The number of aliphatic carboxylic acids is 1. The van der Waals surface area contributed by atoms with Gasteiger partial charge in [0.05, 0.1) is 19.4 Å². The van der Waals surface area contributed by atoms with Crippen LogP contribution in [0.3, 0.4) is 0 Å². The van der Waals surface area contributed by atoms with Gasteiger partial charge in [-0.3, -0.25) is 9.68 Å². The highest BCUT2D eigenvalue weighted by Crippen LogP contribution is 1.92. The van der Waals surface area contributed by atoms with Crippen LogP contribution in [0.5, 0.6) is 0 Å². The molecule has 5 nitrogen and oxygen atoms in total. The van der Waals surface area contributed by atoms with Gasteiger partial charge < -0.3 is 5.11 Å². The predicted octanol–water partition coefficient (Wildman–Crippen LogP) is 1.93. The standard InChI is InChI=1S/C6H10O5.C4H8/c1-2-10-11-6(9)4-3-5(7)8;1-4(2)3/h2-4H2,1H3,(H,7,8);1H2,2-3H3. The molecule has 0 atom stereocenters. The zero-order chi connectivity index (χ0) is 12.3. The van der Waals surface area contributed by atoms with Gasteiger partial charge >= 0.3 is 11.9 Å². The Morgan fingerprint density at radius 1 is 1.27 bits per heavy atom. The molecule has 0 amide bonds. The van der Waals surface area contributed by atoms with Crippen molar-refractivity contribution in [2.75, 3.05) is 6.61 Å². The van der Waals surface area contributed by atoms with E-state index in [1.54, 1.807) is 6.92 Å². The third-order valence-electron chi connectivity index (χ3n) is 0.813. The molecular weight excluding hydrogens is 200 g/mol. The Morgan fingerprint density at radius 2 is 1.73 bits per heavy atom. The zero-order valence-electron chi connectivity index (χ0n) is 9.41. The molecule has 0 heterocycles. The average molecular weight is 218 g/mol. The molecule has 15 heavy (non-hydrogen) atoms. The summed E-state index contributed by atoms with van der Waals surface area (Å²) < 4.78 is 0. The van der Waals surface area contributed by atoms with Gasteiger partial charge in [-0.25, -0.2) is 4.79 Å². The molecule has 0 saturated heterocycles. The number of rotatable bonds is 5. The van der Waals surface area contributed by atoms with Crippen molar-refractivity contribution >= 4 is 11.9 Å². The zero-order valence-corrected chi connectivity index (χ0v) is 9.41. The second kappa shape index (κ2) is 10.7. The lowest BCUT2D eigenvalue weighted by Gasteiger charge is -1.98. The van der Waals surface area contributed by atoms with Crippen molar-refractivity contribution < 1.29 is 24.5 Å². The molecule has 0 aliphatic heterocycles. The van der Waals surface area contributed by atoms with Crippen LogP contribution in [0.4, 0.5) is 0 Å². The summed E-state index contributed by atoms with van der Waals surface area (Å²) >= 11 is 0. The van der Waals surface area contributed by atoms with Crippen molar-refractivity contribution in [3.8, 4) is 0 Å². The van der Waals surface area contributed by atoms with E-state index in [-0.39, 0.29) is 19.4 Å². The maximum absolute atomic E-state index is 10.5. The number of hydrogen-bond acceptors (Lipinski definition) is 4. The Labute approximate surface area is 89.6 Å². The van der Waals surface area contributed by atoms with E-state index in [0.29, 0.717) is 0 Å². The van der Waals surface area contributed by atoms with E-state index in [0.717, 1.165) is 0 Å². The Bertz CT molecular complexity index is 206. The normalized spacial score (nSPS) is 8.47. The largest absolute Gasteiger partial charge is 0.481 e. The van der Waals surface area contributed by atoms with Gasteiger partial charge in [-0.2, -0.15) is 4.89 Å². The molecule has 0 bridgehead atoms. The minimum Gasteiger partial charge on any atom is -0.481 e. The molecular formula is C10H18O5. The van der Waals surface area contributed by atoms with Crippen molar-refractivity contribution in [2.24, 2.45) is 0 Å². The topological polar surface area (TPSA) is 72.8 Å². The van der Waals surface area contributed by atoms with Gasteiger partial charge in [-0.15, -0.1) is 6.58 Å². The highest BCUT2D eigenvalue weighted by Gasteiger charge is 2.06. The van der Waals surface area contributed by atoms with Crippen molar-refractivity contribution in [1.82, 2.24) is 0 Å². The molecule has 0 spiro atoms. The lowest BCUT2D eigenvalue weighted by Crippen LogP contribution is -2.07. The van der Waals surface area contributed by atoms with Gasteiger partial charge in [-0.1, -0.05) is 5.57 Å². The molecule has 0 radical (unpaired) electrons. The molecule has 0 aliphatic carbocycles. The van der Waals surface area contributed by atoms with Crippen LogP contribution >= 0.6 is 0 Å². The van der Waals surface area contributed by atoms with Gasteiger partial charge in [-0.05, 0) is 20.8 Å².